The van der Waals surface area contributed by atoms with Gasteiger partial charge in [-0.05, 0) is 40.0 Å². The SMILES string of the molecule is O=C1COC2CCN(C(=O)N3CC(c4ccc(Br)c(Cl)c4)C3)C[C@H]2N1. The number of amides is 3. The minimum atomic E-state index is -0.105. The fraction of sp³-hybridized carbons (Fsp3) is 0.529. The molecule has 3 fully saturated rings. The monoisotopic (exact) mass is 427 g/mol. The lowest BCUT2D eigenvalue weighted by Crippen LogP contribution is -2.63. The molecule has 6 nitrogen and oxygen atoms in total. The van der Waals surface area contributed by atoms with Crippen molar-refractivity contribution in [3.63, 3.8) is 0 Å². The van der Waals surface area contributed by atoms with Gasteiger partial charge in [-0.15, -0.1) is 0 Å². The summed E-state index contributed by atoms with van der Waals surface area (Å²) in [7, 11) is 0. The highest BCUT2D eigenvalue weighted by Crippen LogP contribution is 2.32. The molecule has 134 valence electrons. The van der Waals surface area contributed by atoms with Crippen molar-refractivity contribution in [2.45, 2.75) is 24.5 Å². The van der Waals surface area contributed by atoms with E-state index in [-0.39, 0.29) is 30.7 Å². The van der Waals surface area contributed by atoms with Crippen LogP contribution in [0.1, 0.15) is 17.9 Å². The molecule has 1 aromatic rings. The van der Waals surface area contributed by atoms with Crippen molar-refractivity contribution in [2.75, 3.05) is 32.8 Å². The predicted molar refractivity (Wildman–Crippen MR) is 96.7 cm³/mol. The van der Waals surface area contributed by atoms with Gasteiger partial charge in [-0.2, -0.15) is 0 Å². The molecular formula is C17H19BrClN3O3. The van der Waals surface area contributed by atoms with Crippen LogP contribution in [-0.4, -0.2) is 66.7 Å². The molecule has 3 aliphatic heterocycles. The van der Waals surface area contributed by atoms with Gasteiger partial charge in [0.25, 0.3) is 0 Å². The smallest absolute Gasteiger partial charge is 0.320 e. The van der Waals surface area contributed by atoms with Crippen LogP contribution in [0.3, 0.4) is 0 Å². The maximum Gasteiger partial charge on any atom is 0.320 e. The topological polar surface area (TPSA) is 61.9 Å². The van der Waals surface area contributed by atoms with E-state index in [2.05, 4.69) is 21.2 Å². The fourth-order valence-corrected chi connectivity index (χ4v) is 4.12. The van der Waals surface area contributed by atoms with Gasteiger partial charge in [0.1, 0.15) is 6.61 Å². The Balaban J connectivity index is 1.34. The van der Waals surface area contributed by atoms with Crippen LogP contribution in [0, 0.1) is 0 Å². The molecule has 0 saturated carbocycles. The Morgan fingerprint density at radius 3 is 2.84 bits per heavy atom. The maximum absolute atomic E-state index is 12.7. The Morgan fingerprint density at radius 2 is 2.08 bits per heavy atom. The Bertz CT molecular complexity index is 710. The number of hydrogen-bond acceptors (Lipinski definition) is 3. The number of likely N-dealkylation sites (tertiary alicyclic amines) is 2. The van der Waals surface area contributed by atoms with E-state index in [0.29, 0.717) is 37.1 Å². The molecule has 0 aromatic heterocycles. The molecule has 1 aromatic carbocycles. The second-order valence-electron chi connectivity index (χ2n) is 6.82. The third kappa shape index (κ3) is 3.37. The van der Waals surface area contributed by atoms with Crippen LogP contribution in [-0.2, 0) is 9.53 Å². The van der Waals surface area contributed by atoms with E-state index in [9.17, 15) is 9.59 Å². The summed E-state index contributed by atoms with van der Waals surface area (Å²) in [6, 6.07) is 5.89. The highest BCUT2D eigenvalue weighted by molar-refractivity contribution is 9.10. The zero-order valence-electron chi connectivity index (χ0n) is 13.6. The molecule has 3 amide bonds. The van der Waals surface area contributed by atoms with Crippen LogP contribution in [0.25, 0.3) is 0 Å². The molecule has 3 aliphatic rings. The zero-order chi connectivity index (χ0) is 17.6. The molecule has 3 heterocycles. The van der Waals surface area contributed by atoms with Crippen molar-refractivity contribution in [3.05, 3.63) is 33.3 Å². The number of carbonyl (C=O) groups is 2. The van der Waals surface area contributed by atoms with E-state index in [1.807, 2.05) is 28.0 Å². The largest absolute Gasteiger partial charge is 0.366 e. The van der Waals surface area contributed by atoms with Gasteiger partial charge in [-0.1, -0.05) is 17.7 Å². The van der Waals surface area contributed by atoms with Crippen LogP contribution in [0.5, 0.6) is 0 Å². The molecule has 1 N–H and O–H groups in total. The Labute approximate surface area is 159 Å². The van der Waals surface area contributed by atoms with Crippen molar-refractivity contribution in [1.29, 1.82) is 0 Å². The van der Waals surface area contributed by atoms with E-state index in [1.165, 1.54) is 0 Å². The number of fused-ring (bicyclic) bond motifs is 1. The van der Waals surface area contributed by atoms with Gasteiger partial charge < -0.3 is 19.9 Å². The molecule has 0 bridgehead atoms. The van der Waals surface area contributed by atoms with Crippen LogP contribution in [0.4, 0.5) is 4.79 Å². The highest BCUT2D eigenvalue weighted by atomic mass is 79.9. The average molecular weight is 429 g/mol. The van der Waals surface area contributed by atoms with Gasteiger partial charge in [-0.3, -0.25) is 4.79 Å². The highest BCUT2D eigenvalue weighted by Gasteiger charge is 2.40. The number of nitrogens with one attached hydrogen (secondary N) is 1. The first-order valence-electron chi connectivity index (χ1n) is 8.41. The number of ether oxygens (including phenoxy) is 1. The maximum atomic E-state index is 12.7. The summed E-state index contributed by atoms with van der Waals surface area (Å²) >= 11 is 9.55. The fourth-order valence-electron chi connectivity index (χ4n) is 3.69. The third-order valence-electron chi connectivity index (χ3n) is 5.16. The second-order valence-corrected chi connectivity index (χ2v) is 8.08. The van der Waals surface area contributed by atoms with Crippen LogP contribution < -0.4 is 5.32 Å². The van der Waals surface area contributed by atoms with Gasteiger partial charge >= 0.3 is 6.03 Å². The molecule has 0 radical (unpaired) electrons. The molecule has 0 aliphatic carbocycles. The number of carbonyl (C=O) groups excluding carboxylic acids is 2. The summed E-state index contributed by atoms with van der Waals surface area (Å²) in [6.45, 7) is 2.70. The van der Waals surface area contributed by atoms with Crippen molar-refractivity contribution < 1.29 is 14.3 Å². The van der Waals surface area contributed by atoms with E-state index in [0.717, 1.165) is 16.5 Å². The average Bonchev–Trinajstić information content (AvgIpc) is 2.56. The number of benzene rings is 1. The Hall–Kier alpha value is -1.31. The molecular weight excluding hydrogens is 410 g/mol. The van der Waals surface area contributed by atoms with Crippen molar-refractivity contribution in [3.8, 4) is 0 Å². The van der Waals surface area contributed by atoms with E-state index in [4.69, 9.17) is 16.3 Å². The predicted octanol–water partition coefficient (Wildman–Crippen LogP) is 2.21. The normalized spacial score (nSPS) is 26.7. The summed E-state index contributed by atoms with van der Waals surface area (Å²) in [6.07, 6.45) is 0.784. The van der Waals surface area contributed by atoms with Crippen molar-refractivity contribution in [1.82, 2.24) is 15.1 Å². The lowest BCUT2D eigenvalue weighted by atomic mass is 9.91. The van der Waals surface area contributed by atoms with Gasteiger partial charge in [0, 0.05) is 36.6 Å². The van der Waals surface area contributed by atoms with Gasteiger partial charge in [0.15, 0.2) is 0 Å². The number of piperidine rings is 1. The summed E-state index contributed by atoms with van der Waals surface area (Å²) in [5.74, 6) is 0.219. The van der Waals surface area contributed by atoms with Gasteiger partial charge in [0.2, 0.25) is 5.91 Å². The summed E-state index contributed by atoms with van der Waals surface area (Å²) in [5, 5.41) is 3.62. The van der Waals surface area contributed by atoms with Crippen molar-refractivity contribution >= 4 is 39.5 Å². The summed E-state index contributed by atoms with van der Waals surface area (Å²) in [5.41, 5.74) is 1.16. The molecule has 3 saturated heterocycles. The van der Waals surface area contributed by atoms with E-state index >= 15 is 0 Å². The summed E-state index contributed by atoms with van der Waals surface area (Å²) < 4.78 is 6.42. The second kappa shape index (κ2) is 6.78. The number of rotatable bonds is 1. The summed E-state index contributed by atoms with van der Waals surface area (Å²) in [4.78, 5) is 27.9. The van der Waals surface area contributed by atoms with Gasteiger partial charge in [-0.25, -0.2) is 4.79 Å². The van der Waals surface area contributed by atoms with Gasteiger partial charge in [0.05, 0.1) is 17.2 Å². The van der Waals surface area contributed by atoms with Crippen LogP contribution in [0.15, 0.2) is 22.7 Å². The molecule has 0 spiro atoms. The van der Waals surface area contributed by atoms with Crippen molar-refractivity contribution in [2.24, 2.45) is 0 Å². The Kier molecular flexibility index (Phi) is 4.64. The Morgan fingerprint density at radius 1 is 1.28 bits per heavy atom. The number of urea groups is 1. The molecule has 4 rings (SSSR count). The number of halogens is 2. The number of nitrogens with zero attached hydrogens (tertiary/aromatic N) is 2. The zero-order valence-corrected chi connectivity index (χ0v) is 15.9. The first-order valence-corrected chi connectivity index (χ1v) is 9.58. The molecule has 25 heavy (non-hydrogen) atoms. The lowest BCUT2D eigenvalue weighted by Gasteiger charge is -2.46. The first kappa shape index (κ1) is 17.1. The van der Waals surface area contributed by atoms with Crippen LogP contribution >= 0.6 is 27.5 Å². The molecule has 1 unspecified atom stereocenters. The van der Waals surface area contributed by atoms with E-state index < -0.39 is 0 Å². The molecule has 8 heteroatoms. The molecule has 2 atom stereocenters. The number of morpholine rings is 1. The first-order chi connectivity index (χ1) is 12.0. The van der Waals surface area contributed by atoms with Crippen LogP contribution in [0.2, 0.25) is 5.02 Å². The minimum Gasteiger partial charge on any atom is -0.366 e. The standard InChI is InChI=1S/C17H19BrClN3O3/c18-12-2-1-10(5-13(12)19)11-6-22(7-11)17(24)21-4-3-15-14(8-21)20-16(23)9-25-15/h1-2,5,11,14-15H,3-4,6-9H2,(H,20,23)/t14-,15?/m1/s1. The number of hydrogen-bond donors (Lipinski definition) is 1. The quantitative estimate of drug-likeness (QED) is 0.746. The third-order valence-corrected chi connectivity index (χ3v) is 6.39. The lowest BCUT2D eigenvalue weighted by molar-refractivity contribution is -0.139. The minimum absolute atomic E-state index is 0.0239. The van der Waals surface area contributed by atoms with E-state index in [1.54, 1.807) is 0 Å².